The minimum Gasteiger partial charge on any atom is -0.396 e. The molecule has 2 rings (SSSR count). The standard InChI is InChI=1S/C13H11FN2O/c1-8-4-5-16-7-10(8)13(17)9-2-3-12(15)11(14)6-9/h2-7H,15H2,1H3. The van der Waals surface area contributed by atoms with Crippen LogP contribution in [0.3, 0.4) is 0 Å². The van der Waals surface area contributed by atoms with E-state index in [1.54, 1.807) is 12.3 Å². The van der Waals surface area contributed by atoms with Crippen molar-refractivity contribution < 1.29 is 9.18 Å². The molecule has 1 aromatic carbocycles. The Labute approximate surface area is 98.1 Å². The van der Waals surface area contributed by atoms with Crippen molar-refractivity contribution >= 4 is 11.5 Å². The first-order valence-corrected chi connectivity index (χ1v) is 5.10. The largest absolute Gasteiger partial charge is 0.396 e. The first-order chi connectivity index (χ1) is 8.09. The lowest BCUT2D eigenvalue weighted by Gasteiger charge is -2.05. The smallest absolute Gasteiger partial charge is 0.194 e. The Kier molecular flexibility index (Phi) is 2.87. The summed E-state index contributed by atoms with van der Waals surface area (Å²) in [5, 5.41) is 0. The third kappa shape index (κ3) is 2.15. The van der Waals surface area contributed by atoms with Crippen LogP contribution in [-0.4, -0.2) is 10.8 Å². The number of hydrogen-bond donors (Lipinski definition) is 1. The van der Waals surface area contributed by atoms with Gasteiger partial charge in [0.05, 0.1) is 5.69 Å². The molecule has 4 heteroatoms. The Morgan fingerprint density at radius 2 is 2.12 bits per heavy atom. The predicted molar refractivity (Wildman–Crippen MR) is 63.2 cm³/mol. The molecule has 0 fully saturated rings. The number of hydrogen-bond acceptors (Lipinski definition) is 3. The molecule has 0 unspecified atom stereocenters. The van der Waals surface area contributed by atoms with Crippen LogP contribution in [0.2, 0.25) is 0 Å². The van der Waals surface area contributed by atoms with Crippen molar-refractivity contribution in [2.45, 2.75) is 6.92 Å². The molecule has 1 aromatic heterocycles. The van der Waals surface area contributed by atoms with E-state index in [2.05, 4.69) is 4.98 Å². The number of halogens is 1. The Morgan fingerprint density at radius 3 is 2.76 bits per heavy atom. The monoisotopic (exact) mass is 230 g/mol. The maximum absolute atomic E-state index is 13.3. The molecule has 2 aromatic rings. The van der Waals surface area contributed by atoms with E-state index in [0.717, 1.165) is 11.6 Å². The summed E-state index contributed by atoms with van der Waals surface area (Å²) in [6.07, 6.45) is 3.08. The molecular formula is C13H11FN2O. The van der Waals surface area contributed by atoms with E-state index in [-0.39, 0.29) is 17.0 Å². The summed E-state index contributed by atoms with van der Waals surface area (Å²) in [4.78, 5) is 16.0. The van der Waals surface area contributed by atoms with Crippen LogP contribution < -0.4 is 5.73 Å². The fraction of sp³-hybridized carbons (Fsp3) is 0.0769. The number of nitrogen functional groups attached to an aromatic ring is 1. The molecule has 0 aliphatic heterocycles. The summed E-state index contributed by atoms with van der Waals surface area (Å²) in [6.45, 7) is 1.81. The third-order valence-corrected chi connectivity index (χ3v) is 2.55. The van der Waals surface area contributed by atoms with Crippen molar-refractivity contribution in [1.82, 2.24) is 4.98 Å². The van der Waals surface area contributed by atoms with Gasteiger partial charge in [-0.1, -0.05) is 0 Å². The highest BCUT2D eigenvalue weighted by atomic mass is 19.1. The van der Waals surface area contributed by atoms with Gasteiger partial charge in [0.15, 0.2) is 5.78 Å². The first-order valence-electron chi connectivity index (χ1n) is 5.10. The third-order valence-electron chi connectivity index (χ3n) is 2.55. The van der Waals surface area contributed by atoms with Gasteiger partial charge in [0.2, 0.25) is 0 Å². The molecule has 0 aliphatic carbocycles. The molecule has 0 saturated carbocycles. The maximum atomic E-state index is 13.3. The Balaban J connectivity index is 2.44. The van der Waals surface area contributed by atoms with Gasteiger partial charge in [-0.15, -0.1) is 0 Å². The van der Waals surface area contributed by atoms with Gasteiger partial charge in [0.25, 0.3) is 0 Å². The fourth-order valence-corrected chi connectivity index (χ4v) is 1.53. The topological polar surface area (TPSA) is 56.0 Å². The number of anilines is 1. The van der Waals surface area contributed by atoms with Crippen molar-refractivity contribution in [3.8, 4) is 0 Å². The number of carbonyl (C=O) groups is 1. The molecular weight excluding hydrogens is 219 g/mol. The molecule has 0 saturated heterocycles. The number of ketones is 1. The number of rotatable bonds is 2. The normalized spacial score (nSPS) is 10.2. The van der Waals surface area contributed by atoms with Crippen molar-refractivity contribution in [3.05, 3.63) is 59.2 Å². The van der Waals surface area contributed by atoms with E-state index in [1.165, 1.54) is 18.3 Å². The van der Waals surface area contributed by atoms with Crippen molar-refractivity contribution in [2.75, 3.05) is 5.73 Å². The van der Waals surface area contributed by atoms with Gasteiger partial charge >= 0.3 is 0 Å². The minimum absolute atomic E-state index is 0.0319. The highest BCUT2D eigenvalue weighted by molar-refractivity contribution is 6.09. The lowest BCUT2D eigenvalue weighted by molar-refractivity contribution is 0.103. The predicted octanol–water partition coefficient (Wildman–Crippen LogP) is 2.34. The van der Waals surface area contributed by atoms with Gasteiger partial charge in [0, 0.05) is 23.5 Å². The van der Waals surface area contributed by atoms with Crippen LogP contribution in [0.4, 0.5) is 10.1 Å². The molecule has 0 aliphatic rings. The average molecular weight is 230 g/mol. The van der Waals surface area contributed by atoms with Crippen LogP contribution in [0.5, 0.6) is 0 Å². The fourth-order valence-electron chi connectivity index (χ4n) is 1.53. The molecule has 1 heterocycles. The van der Waals surface area contributed by atoms with E-state index >= 15 is 0 Å². The van der Waals surface area contributed by atoms with Crippen LogP contribution in [0.1, 0.15) is 21.5 Å². The molecule has 0 bridgehead atoms. The SMILES string of the molecule is Cc1ccncc1C(=O)c1ccc(N)c(F)c1. The number of aryl methyl sites for hydroxylation is 1. The van der Waals surface area contributed by atoms with Crippen LogP contribution >= 0.6 is 0 Å². The number of benzene rings is 1. The Morgan fingerprint density at radius 1 is 1.35 bits per heavy atom. The summed E-state index contributed by atoms with van der Waals surface area (Å²) in [7, 11) is 0. The van der Waals surface area contributed by atoms with Crippen molar-refractivity contribution in [3.63, 3.8) is 0 Å². The molecule has 2 N–H and O–H groups in total. The van der Waals surface area contributed by atoms with Crippen LogP contribution in [0, 0.1) is 12.7 Å². The van der Waals surface area contributed by atoms with Crippen LogP contribution in [-0.2, 0) is 0 Å². The second kappa shape index (κ2) is 4.33. The number of carbonyl (C=O) groups excluding carboxylic acids is 1. The molecule has 0 radical (unpaired) electrons. The summed E-state index contributed by atoms with van der Waals surface area (Å²) >= 11 is 0. The quantitative estimate of drug-likeness (QED) is 0.636. The number of aromatic nitrogens is 1. The van der Waals surface area contributed by atoms with Crippen molar-refractivity contribution in [2.24, 2.45) is 0 Å². The zero-order chi connectivity index (χ0) is 12.4. The van der Waals surface area contributed by atoms with Crippen molar-refractivity contribution in [1.29, 1.82) is 0 Å². The van der Waals surface area contributed by atoms with E-state index in [0.29, 0.717) is 5.56 Å². The minimum atomic E-state index is -0.586. The first kappa shape index (κ1) is 11.3. The number of nitrogens with zero attached hydrogens (tertiary/aromatic N) is 1. The molecule has 86 valence electrons. The van der Waals surface area contributed by atoms with Crippen LogP contribution in [0.25, 0.3) is 0 Å². The lowest BCUT2D eigenvalue weighted by atomic mass is 10.0. The molecule has 0 amide bonds. The van der Waals surface area contributed by atoms with E-state index in [1.807, 2.05) is 6.92 Å². The summed E-state index contributed by atoms with van der Waals surface area (Å²) in [5.41, 5.74) is 6.94. The van der Waals surface area contributed by atoms with E-state index < -0.39 is 5.82 Å². The van der Waals surface area contributed by atoms with E-state index in [4.69, 9.17) is 5.73 Å². The van der Waals surface area contributed by atoms with Gasteiger partial charge in [-0.2, -0.15) is 0 Å². The number of pyridine rings is 1. The molecule has 17 heavy (non-hydrogen) atoms. The van der Waals surface area contributed by atoms with Gasteiger partial charge in [-0.05, 0) is 36.8 Å². The van der Waals surface area contributed by atoms with Gasteiger partial charge in [-0.25, -0.2) is 4.39 Å². The highest BCUT2D eigenvalue weighted by Crippen LogP contribution is 2.17. The molecule has 0 spiro atoms. The van der Waals surface area contributed by atoms with Gasteiger partial charge < -0.3 is 5.73 Å². The zero-order valence-corrected chi connectivity index (χ0v) is 9.27. The lowest BCUT2D eigenvalue weighted by Crippen LogP contribution is -2.05. The number of nitrogens with two attached hydrogens (primary N) is 1. The molecule has 3 nitrogen and oxygen atoms in total. The Bertz CT molecular complexity index is 581. The summed E-state index contributed by atoms with van der Waals surface area (Å²) < 4.78 is 13.3. The zero-order valence-electron chi connectivity index (χ0n) is 9.27. The van der Waals surface area contributed by atoms with Gasteiger partial charge in [0.1, 0.15) is 5.82 Å². The second-order valence-electron chi connectivity index (χ2n) is 3.76. The van der Waals surface area contributed by atoms with E-state index in [9.17, 15) is 9.18 Å². The Hall–Kier alpha value is -2.23. The second-order valence-corrected chi connectivity index (χ2v) is 3.76. The maximum Gasteiger partial charge on any atom is 0.194 e. The molecule has 0 atom stereocenters. The highest BCUT2D eigenvalue weighted by Gasteiger charge is 2.13. The van der Waals surface area contributed by atoms with Crippen LogP contribution in [0.15, 0.2) is 36.7 Å². The van der Waals surface area contributed by atoms with Gasteiger partial charge in [-0.3, -0.25) is 9.78 Å². The summed E-state index contributed by atoms with van der Waals surface area (Å²) in [5.74, 6) is -0.841. The average Bonchev–Trinajstić information content (AvgIpc) is 2.32. The summed E-state index contributed by atoms with van der Waals surface area (Å²) in [6, 6.07) is 5.77.